The highest BCUT2D eigenvalue weighted by Gasteiger charge is 2.46. The SMILES string of the molecule is COc1cc(C2/C(=C(\O)c3cccc(OC(C)C)c3)C(=O)C(=O)N2CCCN(C)C)cc(OC)c1OC. The Balaban J connectivity index is 2.21. The molecule has 1 fully saturated rings. The number of carbonyl (C=O) groups excluding carboxylic acids is 2. The zero-order valence-electron chi connectivity index (χ0n) is 22.5. The fourth-order valence-corrected chi connectivity index (χ4v) is 4.42. The van der Waals surface area contributed by atoms with E-state index < -0.39 is 17.7 Å². The number of Topliss-reactive ketones (excluding diaryl/α,β-unsaturated/α-hetero) is 1. The number of carbonyl (C=O) groups is 2. The standard InChI is InChI=1S/C28H36N2O7/c1-17(2)37-20-11-8-10-18(14-20)25(31)23-24(30(28(33)26(23)32)13-9-12-29(3)4)19-15-21(34-5)27(36-7)22(16-19)35-6/h8,10-11,14-17,24,31H,9,12-13H2,1-7H3/b25-23+. The molecule has 9 heteroatoms. The highest BCUT2D eigenvalue weighted by Crippen LogP contribution is 2.45. The highest BCUT2D eigenvalue weighted by molar-refractivity contribution is 6.46. The highest BCUT2D eigenvalue weighted by atomic mass is 16.5. The van der Waals surface area contributed by atoms with Gasteiger partial charge in [0.2, 0.25) is 5.75 Å². The Bertz CT molecular complexity index is 1150. The third kappa shape index (κ3) is 5.99. The monoisotopic (exact) mass is 512 g/mol. The van der Waals surface area contributed by atoms with Crippen LogP contribution < -0.4 is 18.9 Å². The van der Waals surface area contributed by atoms with Crippen molar-refractivity contribution >= 4 is 17.4 Å². The summed E-state index contributed by atoms with van der Waals surface area (Å²) in [7, 11) is 8.37. The second kappa shape index (κ2) is 12.0. The normalized spacial score (nSPS) is 17.0. The van der Waals surface area contributed by atoms with E-state index in [2.05, 4.69) is 0 Å². The summed E-state index contributed by atoms with van der Waals surface area (Å²) in [4.78, 5) is 30.1. The lowest BCUT2D eigenvalue weighted by molar-refractivity contribution is -0.139. The first-order valence-corrected chi connectivity index (χ1v) is 12.1. The van der Waals surface area contributed by atoms with Gasteiger partial charge in [-0.05, 0) is 70.7 Å². The Morgan fingerprint density at radius 3 is 2.22 bits per heavy atom. The number of ether oxygens (including phenoxy) is 4. The van der Waals surface area contributed by atoms with E-state index >= 15 is 0 Å². The molecule has 2 aromatic carbocycles. The molecule has 1 saturated heterocycles. The summed E-state index contributed by atoms with van der Waals surface area (Å²) in [6.45, 7) is 4.84. The zero-order valence-corrected chi connectivity index (χ0v) is 22.5. The summed E-state index contributed by atoms with van der Waals surface area (Å²) in [5.74, 6) is -0.0158. The number of methoxy groups -OCH3 is 3. The first-order valence-electron chi connectivity index (χ1n) is 12.1. The van der Waals surface area contributed by atoms with Crippen LogP contribution in [0.15, 0.2) is 42.0 Å². The third-order valence-corrected chi connectivity index (χ3v) is 6.03. The molecule has 9 nitrogen and oxygen atoms in total. The molecule has 1 aliphatic rings. The molecule has 1 aliphatic heterocycles. The number of hydrogen-bond donors (Lipinski definition) is 1. The van der Waals surface area contributed by atoms with E-state index in [0.717, 1.165) is 6.54 Å². The minimum atomic E-state index is -0.856. The van der Waals surface area contributed by atoms with Crippen LogP contribution in [0.4, 0.5) is 0 Å². The van der Waals surface area contributed by atoms with Gasteiger partial charge < -0.3 is 33.9 Å². The average Bonchev–Trinajstić information content (AvgIpc) is 3.11. The molecule has 1 N–H and O–H groups in total. The second-order valence-corrected chi connectivity index (χ2v) is 9.30. The van der Waals surface area contributed by atoms with Crippen LogP contribution in [-0.2, 0) is 9.59 Å². The second-order valence-electron chi connectivity index (χ2n) is 9.30. The molecule has 37 heavy (non-hydrogen) atoms. The molecule has 1 atom stereocenters. The number of hydrogen-bond acceptors (Lipinski definition) is 8. The van der Waals surface area contributed by atoms with Crippen molar-refractivity contribution in [3.05, 3.63) is 53.1 Å². The number of aliphatic hydroxyl groups is 1. The zero-order chi connectivity index (χ0) is 27.3. The van der Waals surface area contributed by atoms with E-state index in [1.54, 1.807) is 36.4 Å². The van der Waals surface area contributed by atoms with Crippen LogP contribution in [0.5, 0.6) is 23.0 Å². The summed E-state index contributed by atoms with van der Waals surface area (Å²) in [5, 5.41) is 11.4. The van der Waals surface area contributed by atoms with Gasteiger partial charge >= 0.3 is 0 Å². The Labute approximate surface area is 218 Å². The van der Waals surface area contributed by atoms with Gasteiger partial charge in [0.25, 0.3) is 11.7 Å². The Kier molecular flexibility index (Phi) is 9.04. The van der Waals surface area contributed by atoms with Crippen molar-refractivity contribution in [2.75, 3.05) is 48.5 Å². The van der Waals surface area contributed by atoms with Crippen LogP contribution in [0, 0.1) is 0 Å². The van der Waals surface area contributed by atoms with Gasteiger partial charge in [-0.15, -0.1) is 0 Å². The molecule has 1 amide bonds. The molecule has 0 radical (unpaired) electrons. The smallest absolute Gasteiger partial charge is 0.295 e. The number of aliphatic hydroxyl groups excluding tert-OH is 1. The molecule has 0 bridgehead atoms. The largest absolute Gasteiger partial charge is 0.507 e. The molecule has 1 unspecified atom stereocenters. The third-order valence-electron chi connectivity index (χ3n) is 6.03. The fourth-order valence-electron chi connectivity index (χ4n) is 4.42. The minimum Gasteiger partial charge on any atom is -0.507 e. The lowest BCUT2D eigenvalue weighted by Gasteiger charge is -2.27. The summed E-state index contributed by atoms with van der Waals surface area (Å²) in [5.41, 5.74) is 0.919. The number of nitrogens with zero attached hydrogens (tertiary/aromatic N) is 2. The van der Waals surface area contributed by atoms with Gasteiger partial charge in [-0.2, -0.15) is 0 Å². The average molecular weight is 513 g/mol. The van der Waals surface area contributed by atoms with E-state index in [1.807, 2.05) is 32.8 Å². The van der Waals surface area contributed by atoms with Crippen LogP contribution >= 0.6 is 0 Å². The lowest BCUT2D eigenvalue weighted by Crippen LogP contribution is -2.32. The van der Waals surface area contributed by atoms with Crippen molar-refractivity contribution in [3.8, 4) is 23.0 Å². The summed E-state index contributed by atoms with van der Waals surface area (Å²) in [6.07, 6.45) is 0.567. The first kappa shape index (κ1) is 27.9. The van der Waals surface area contributed by atoms with E-state index in [4.69, 9.17) is 18.9 Å². The van der Waals surface area contributed by atoms with Crippen molar-refractivity contribution in [1.82, 2.24) is 9.80 Å². The predicted octanol–water partition coefficient (Wildman–Crippen LogP) is 3.87. The number of amides is 1. The molecule has 1 heterocycles. The topological polar surface area (TPSA) is 97.8 Å². The maximum atomic E-state index is 13.4. The van der Waals surface area contributed by atoms with Crippen molar-refractivity contribution < 1.29 is 33.6 Å². The number of ketones is 1. The number of benzene rings is 2. The molecule has 2 aromatic rings. The maximum Gasteiger partial charge on any atom is 0.295 e. The van der Waals surface area contributed by atoms with Crippen LogP contribution in [0.25, 0.3) is 5.76 Å². The molecular weight excluding hydrogens is 476 g/mol. The summed E-state index contributed by atoms with van der Waals surface area (Å²) >= 11 is 0. The van der Waals surface area contributed by atoms with Gasteiger partial charge in [-0.25, -0.2) is 0 Å². The van der Waals surface area contributed by atoms with Gasteiger partial charge in [0, 0.05) is 12.1 Å². The molecule has 0 saturated carbocycles. The van der Waals surface area contributed by atoms with Crippen molar-refractivity contribution in [1.29, 1.82) is 0 Å². The molecule has 0 spiro atoms. The lowest BCUT2D eigenvalue weighted by atomic mass is 9.94. The van der Waals surface area contributed by atoms with Crippen LogP contribution in [0.2, 0.25) is 0 Å². The van der Waals surface area contributed by atoms with Crippen molar-refractivity contribution in [2.45, 2.75) is 32.4 Å². The molecular formula is C28H36N2O7. The quantitative estimate of drug-likeness (QED) is 0.275. The van der Waals surface area contributed by atoms with Crippen molar-refractivity contribution in [3.63, 3.8) is 0 Å². The Morgan fingerprint density at radius 2 is 1.68 bits per heavy atom. The van der Waals surface area contributed by atoms with Crippen molar-refractivity contribution in [2.24, 2.45) is 0 Å². The molecule has 3 rings (SSSR count). The predicted molar refractivity (Wildman–Crippen MR) is 140 cm³/mol. The molecule has 0 aliphatic carbocycles. The van der Waals surface area contributed by atoms with Gasteiger partial charge in [0.1, 0.15) is 11.5 Å². The molecule has 200 valence electrons. The minimum absolute atomic E-state index is 0.00850. The van der Waals surface area contributed by atoms with Gasteiger partial charge in [0.15, 0.2) is 11.5 Å². The molecule has 0 aromatic heterocycles. The Hall–Kier alpha value is -3.72. The van der Waals surface area contributed by atoms with Gasteiger partial charge in [0.05, 0.1) is 39.0 Å². The maximum absolute atomic E-state index is 13.4. The van der Waals surface area contributed by atoms with Gasteiger partial charge in [-0.3, -0.25) is 9.59 Å². The van der Waals surface area contributed by atoms with E-state index in [9.17, 15) is 14.7 Å². The summed E-state index contributed by atoms with van der Waals surface area (Å²) in [6, 6.07) is 9.37. The number of rotatable bonds is 11. The van der Waals surface area contributed by atoms with Crippen LogP contribution in [-0.4, -0.2) is 81.2 Å². The van der Waals surface area contributed by atoms with Crippen LogP contribution in [0.3, 0.4) is 0 Å². The first-order chi connectivity index (χ1) is 17.6. The van der Waals surface area contributed by atoms with Crippen LogP contribution in [0.1, 0.15) is 37.4 Å². The van der Waals surface area contributed by atoms with E-state index in [0.29, 0.717) is 47.1 Å². The van der Waals surface area contributed by atoms with E-state index in [-0.39, 0.29) is 17.4 Å². The number of likely N-dealkylation sites (tertiary alicyclic amines) is 1. The summed E-state index contributed by atoms with van der Waals surface area (Å²) < 4.78 is 22.2. The van der Waals surface area contributed by atoms with E-state index in [1.165, 1.54) is 26.2 Å². The van der Waals surface area contributed by atoms with Gasteiger partial charge in [-0.1, -0.05) is 12.1 Å². The Morgan fingerprint density at radius 1 is 1.03 bits per heavy atom. The fraction of sp³-hybridized carbons (Fsp3) is 0.429.